The van der Waals surface area contributed by atoms with Crippen LogP contribution in [0.5, 0.6) is 0 Å². The van der Waals surface area contributed by atoms with E-state index in [1.807, 2.05) is 0 Å². The van der Waals surface area contributed by atoms with Gasteiger partial charge in [0.05, 0.1) is 31.5 Å². The number of aliphatic hydroxyl groups is 3. The van der Waals surface area contributed by atoms with E-state index in [0.717, 1.165) is 0 Å². The highest BCUT2D eigenvalue weighted by Gasteiger charge is 2.25. The lowest BCUT2D eigenvalue weighted by Gasteiger charge is -2.16. The zero-order valence-electron chi connectivity index (χ0n) is 15.7. The smallest absolute Gasteiger partial charge is 0.356 e. The van der Waals surface area contributed by atoms with Crippen LogP contribution in [0.1, 0.15) is 39.8 Å². The molecule has 1 aromatic heterocycles. The molecule has 0 radical (unpaired) electrons. The van der Waals surface area contributed by atoms with Gasteiger partial charge in [-0.1, -0.05) is 23.7 Å². The minimum absolute atomic E-state index is 0.115. The Labute approximate surface area is 168 Å². The average molecular weight is 412 g/mol. The van der Waals surface area contributed by atoms with Crippen molar-refractivity contribution in [2.24, 2.45) is 5.73 Å². The van der Waals surface area contributed by atoms with Crippen molar-refractivity contribution in [2.75, 3.05) is 19.7 Å². The van der Waals surface area contributed by atoms with E-state index in [1.165, 1.54) is 0 Å². The van der Waals surface area contributed by atoms with E-state index in [9.17, 15) is 20.1 Å². The summed E-state index contributed by atoms with van der Waals surface area (Å²) in [6.07, 6.45) is 0. The summed E-state index contributed by atoms with van der Waals surface area (Å²) in [4.78, 5) is 15.3. The van der Waals surface area contributed by atoms with Gasteiger partial charge in [-0.2, -0.15) is 0 Å². The average Bonchev–Trinajstić information content (AvgIpc) is 3.03. The molecular weight excluding hydrogens is 386 g/mol. The summed E-state index contributed by atoms with van der Waals surface area (Å²) < 4.78 is 5.06. The Morgan fingerprint density at radius 2 is 1.93 bits per heavy atom. The largest absolute Gasteiger partial charge is 0.461 e. The molecule has 28 heavy (non-hydrogen) atoms. The van der Waals surface area contributed by atoms with Gasteiger partial charge in [0.15, 0.2) is 0 Å². The fraction of sp³-hybridized carbons (Fsp3) is 0.421. The maximum Gasteiger partial charge on any atom is 0.356 e. The monoisotopic (exact) mass is 411 g/mol. The van der Waals surface area contributed by atoms with Crippen LogP contribution in [-0.4, -0.2) is 46.0 Å². The number of carbonyl (C=O) groups excluding carboxylic acids is 1. The van der Waals surface area contributed by atoms with E-state index in [1.54, 1.807) is 19.1 Å². The number of hydrogen-bond acceptors (Lipinski definition) is 7. The zero-order valence-corrected chi connectivity index (χ0v) is 16.5. The van der Waals surface area contributed by atoms with E-state index in [4.69, 9.17) is 22.1 Å². The highest BCUT2D eigenvalue weighted by molar-refractivity contribution is 6.36. The van der Waals surface area contributed by atoms with Gasteiger partial charge < -0.3 is 36.1 Å². The Hall–Kier alpha value is -1.94. The summed E-state index contributed by atoms with van der Waals surface area (Å²) in [6.45, 7) is 2.25. The topological polar surface area (TPSA) is 141 Å². The van der Waals surface area contributed by atoms with Gasteiger partial charge in [-0.05, 0) is 29.2 Å². The molecule has 9 heteroatoms. The quantitative estimate of drug-likeness (QED) is 0.253. The highest BCUT2D eigenvalue weighted by atomic mass is 35.5. The van der Waals surface area contributed by atoms with Crippen LogP contribution in [0.4, 0.5) is 0 Å². The molecule has 0 saturated heterocycles. The molecule has 1 aromatic carbocycles. The van der Waals surface area contributed by atoms with E-state index >= 15 is 0 Å². The fourth-order valence-corrected chi connectivity index (χ4v) is 3.44. The Morgan fingerprint density at radius 1 is 1.21 bits per heavy atom. The number of aliphatic hydroxyl groups excluding tert-OH is 3. The molecule has 0 spiro atoms. The fourth-order valence-electron chi connectivity index (χ4n) is 3.10. The lowest BCUT2D eigenvalue weighted by atomic mass is 9.92. The summed E-state index contributed by atoms with van der Waals surface area (Å²) in [7, 11) is 0. The third-order valence-electron chi connectivity index (χ3n) is 4.40. The second kappa shape index (κ2) is 10.6. The molecule has 0 unspecified atom stereocenters. The first kappa shape index (κ1) is 22.4. The number of aromatic amines is 1. The van der Waals surface area contributed by atoms with Gasteiger partial charge in [0, 0.05) is 30.9 Å². The summed E-state index contributed by atoms with van der Waals surface area (Å²) >= 11 is 6.53. The number of halogens is 1. The Bertz CT molecular complexity index is 822. The first-order valence-electron chi connectivity index (χ1n) is 8.98. The molecule has 0 amide bonds. The van der Waals surface area contributed by atoms with Gasteiger partial charge in [0.1, 0.15) is 5.69 Å². The van der Waals surface area contributed by atoms with Gasteiger partial charge in [0.25, 0.3) is 0 Å². The Balaban J connectivity index is 2.67. The maximum atomic E-state index is 12.3. The van der Waals surface area contributed by atoms with Crippen LogP contribution in [-0.2, 0) is 31.1 Å². The first-order valence-corrected chi connectivity index (χ1v) is 9.36. The van der Waals surface area contributed by atoms with Crippen LogP contribution in [0.15, 0.2) is 12.1 Å². The second-order valence-corrected chi connectivity index (χ2v) is 6.44. The summed E-state index contributed by atoms with van der Waals surface area (Å²) in [5.74, 6) is -0.585. The molecule has 0 fully saturated rings. The Kier molecular flexibility index (Phi) is 8.43. The molecule has 154 valence electrons. The Morgan fingerprint density at radius 3 is 2.50 bits per heavy atom. The standard InChI is InChI=1S/C19H26ClN3O5/c1-2-28-19(27)18-17(20)16(15(23-18)7-22-6-5-21)12-4-3-11(8-24)13(9-25)14(12)10-26/h3-4,22-26H,2,5-10,21H2,1H3. The van der Waals surface area contributed by atoms with Crippen LogP contribution in [0.3, 0.4) is 0 Å². The maximum absolute atomic E-state index is 12.3. The van der Waals surface area contributed by atoms with Crippen LogP contribution >= 0.6 is 11.6 Å². The minimum Gasteiger partial charge on any atom is -0.461 e. The SMILES string of the molecule is CCOC(=O)c1[nH]c(CNCCN)c(-c2ccc(CO)c(CO)c2CO)c1Cl. The van der Waals surface area contributed by atoms with Crippen molar-refractivity contribution in [1.82, 2.24) is 10.3 Å². The van der Waals surface area contributed by atoms with Gasteiger partial charge in [-0.25, -0.2) is 4.79 Å². The second-order valence-electron chi connectivity index (χ2n) is 6.06. The molecule has 0 aliphatic heterocycles. The molecule has 8 nitrogen and oxygen atoms in total. The normalized spacial score (nSPS) is 11.1. The third-order valence-corrected chi connectivity index (χ3v) is 4.78. The number of nitrogens with one attached hydrogen (secondary N) is 2. The van der Waals surface area contributed by atoms with Crippen LogP contribution in [0.25, 0.3) is 11.1 Å². The van der Waals surface area contributed by atoms with E-state index in [-0.39, 0.29) is 37.1 Å². The number of aromatic nitrogens is 1. The van der Waals surface area contributed by atoms with Gasteiger partial charge in [-0.3, -0.25) is 0 Å². The van der Waals surface area contributed by atoms with Crippen molar-refractivity contribution in [3.8, 4) is 11.1 Å². The van der Waals surface area contributed by atoms with Gasteiger partial charge in [-0.15, -0.1) is 0 Å². The highest BCUT2D eigenvalue weighted by Crippen LogP contribution is 2.38. The number of hydrogen-bond donors (Lipinski definition) is 6. The minimum atomic E-state index is -0.585. The molecule has 0 aliphatic carbocycles. The number of esters is 1. The van der Waals surface area contributed by atoms with E-state index < -0.39 is 5.97 Å². The van der Waals surface area contributed by atoms with Crippen LogP contribution < -0.4 is 11.1 Å². The molecule has 0 saturated carbocycles. The van der Waals surface area contributed by atoms with Crippen LogP contribution in [0.2, 0.25) is 5.02 Å². The predicted octanol–water partition coefficient (Wildman–Crippen LogP) is 1.04. The lowest BCUT2D eigenvalue weighted by Crippen LogP contribution is -2.22. The lowest BCUT2D eigenvalue weighted by molar-refractivity contribution is 0.0520. The first-order chi connectivity index (χ1) is 13.5. The van der Waals surface area contributed by atoms with E-state index in [0.29, 0.717) is 53.1 Å². The summed E-state index contributed by atoms with van der Waals surface area (Å²) in [5.41, 5.74) is 8.72. The zero-order chi connectivity index (χ0) is 20.7. The number of rotatable bonds is 10. The molecule has 7 N–H and O–H groups in total. The van der Waals surface area contributed by atoms with Gasteiger partial charge >= 0.3 is 5.97 Å². The van der Waals surface area contributed by atoms with E-state index in [2.05, 4.69) is 10.3 Å². The van der Waals surface area contributed by atoms with Crippen molar-refractivity contribution in [3.63, 3.8) is 0 Å². The molecular formula is C19H26ClN3O5. The molecule has 0 bridgehead atoms. The third kappa shape index (κ3) is 4.54. The molecule has 1 heterocycles. The molecule has 2 aromatic rings. The van der Waals surface area contributed by atoms with Crippen LogP contribution in [0, 0.1) is 0 Å². The number of benzene rings is 1. The number of ether oxygens (including phenoxy) is 1. The van der Waals surface area contributed by atoms with Gasteiger partial charge in [0.2, 0.25) is 0 Å². The number of carbonyl (C=O) groups is 1. The molecule has 2 rings (SSSR count). The van der Waals surface area contributed by atoms with Crippen molar-refractivity contribution >= 4 is 17.6 Å². The number of nitrogens with two attached hydrogens (primary N) is 1. The predicted molar refractivity (Wildman–Crippen MR) is 106 cm³/mol. The van der Waals surface area contributed by atoms with Crippen molar-refractivity contribution in [2.45, 2.75) is 33.3 Å². The summed E-state index contributed by atoms with van der Waals surface area (Å²) in [6, 6.07) is 3.36. The molecule has 0 atom stereocenters. The number of H-pyrrole nitrogens is 1. The molecule has 0 aliphatic rings. The van der Waals surface area contributed by atoms with Crippen molar-refractivity contribution in [1.29, 1.82) is 0 Å². The van der Waals surface area contributed by atoms with Crippen molar-refractivity contribution < 1.29 is 24.9 Å². The van der Waals surface area contributed by atoms with Crippen molar-refractivity contribution in [3.05, 3.63) is 45.2 Å². The summed E-state index contributed by atoms with van der Waals surface area (Å²) in [5, 5.41) is 32.5.